The second-order valence-corrected chi connectivity index (χ2v) is 4.21. The predicted molar refractivity (Wildman–Crippen MR) is 63.6 cm³/mol. The maximum Gasteiger partial charge on any atom is 0.159 e. The maximum absolute atomic E-state index is 13.0. The maximum atomic E-state index is 13.0. The van der Waals surface area contributed by atoms with Crippen LogP contribution in [-0.4, -0.2) is 12.7 Å². The van der Waals surface area contributed by atoms with E-state index in [2.05, 4.69) is 6.92 Å². The van der Waals surface area contributed by atoms with Gasteiger partial charge in [0.25, 0.3) is 0 Å². The number of benzene rings is 1. The van der Waals surface area contributed by atoms with Gasteiger partial charge in [-0.1, -0.05) is 19.4 Å². The molecule has 1 aromatic rings. The first-order chi connectivity index (χ1) is 8.04. The van der Waals surface area contributed by atoms with E-state index in [-0.39, 0.29) is 6.10 Å². The van der Waals surface area contributed by atoms with E-state index in [1.54, 1.807) is 0 Å². The predicted octanol–water partition coefficient (Wildman–Crippen LogP) is 3.17. The molecule has 2 N–H and O–H groups in total. The zero-order chi connectivity index (χ0) is 12.8. The fourth-order valence-corrected chi connectivity index (χ4v) is 1.60. The first kappa shape index (κ1) is 14.1. The Hall–Kier alpha value is -1.00. The number of rotatable bonds is 6. The lowest BCUT2D eigenvalue weighted by atomic mass is 10.1. The molecule has 0 aliphatic rings. The van der Waals surface area contributed by atoms with Crippen molar-refractivity contribution in [1.29, 1.82) is 0 Å². The highest BCUT2D eigenvalue weighted by Gasteiger charge is 2.11. The Labute approximate surface area is 101 Å². The smallest absolute Gasteiger partial charge is 0.159 e. The van der Waals surface area contributed by atoms with Crippen LogP contribution in [0.15, 0.2) is 18.2 Å². The van der Waals surface area contributed by atoms with Gasteiger partial charge in [-0.05, 0) is 31.0 Å². The molecule has 0 aliphatic heterocycles. The number of nitrogens with two attached hydrogens (primary N) is 1. The Morgan fingerprint density at radius 3 is 2.59 bits per heavy atom. The number of hydrogen-bond donors (Lipinski definition) is 1. The van der Waals surface area contributed by atoms with Crippen molar-refractivity contribution in [2.75, 3.05) is 6.61 Å². The van der Waals surface area contributed by atoms with Crippen molar-refractivity contribution in [3.05, 3.63) is 35.4 Å². The fraction of sp³-hybridized carbons (Fsp3) is 0.538. The van der Waals surface area contributed by atoms with Crippen LogP contribution in [0.3, 0.4) is 0 Å². The van der Waals surface area contributed by atoms with E-state index in [1.165, 1.54) is 6.07 Å². The lowest BCUT2D eigenvalue weighted by Gasteiger charge is -2.17. The molecule has 4 heteroatoms. The molecule has 0 radical (unpaired) electrons. The van der Waals surface area contributed by atoms with Gasteiger partial charge in [-0.25, -0.2) is 8.78 Å². The number of halogens is 2. The molecular weight excluding hydrogens is 224 g/mol. The summed E-state index contributed by atoms with van der Waals surface area (Å²) in [5, 5.41) is 0. The summed E-state index contributed by atoms with van der Waals surface area (Å²) in [5.41, 5.74) is 6.39. The van der Waals surface area contributed by atoms with Crippen LogP contribution in [0.25, 0.3) is 0 Å². The third-order valence-corrected chi connectivity index (χ3v) is 2.63. The third-order valence-electron chi connectivity index (χ3n) is 2.63. The van der Waals surface area contributed by atoms with Gasteiger partial charge in [0.15, 0.2) is 11.6 Å². The van der Waals surface area contributed by atoms with Crippen molar-refractivity contribution >= 4 is 0 Å². The highest BCUT2D eigenvalue weighted by atomic mass is 19.2. The molecule has 0 aliphatic carbocycles. The summed E-state index contributed by atoms with van der Waals surface area (Å²) in [7, 11) is 0. The summed E-state index contributed by atoms with van der Waals surface area (Å²) in [6.45, 7) is 4.36. The Bertz CT molecular complexity index is 357. The van der Waals surface area contributed by atoms with Gasteiger partial charge in [0.2, 0.25) is 0 Å². The van der Waals surface area contributed by atoms with Crippen LogP contribution in [0.2, 0.25) is 0 Å². The van der Waals surface area contributed by atoms with Crippen molar-refractivity contribution in [2.24, 2.45) is 5.73 Å². The largest absolute Gasteiger partial charge is 0.377 e. The van der Waals surface area contributed by atoms with Crippen LogP contribution in [-0.2, 0) is 4.74 Å². The molecule has 0 fully saturated rings. The monoisotopic (exact) mass is 243 g/mol. The first-order valence-electron chi connectivity index (χ1n) is 5.86. The Kier molecular flexibility index (Phi) is 5.51. The summed E-state index contributed by atoms with van der Waals surface area (Å²) in [6, 6.07) is 3.26. The molecule has 0 amide bonds. The molecule has 0 heterocycles. The van der Waals surface area contributed by atoms with Gasteiger partial charge in [0, 0.05) is 0 Å². The highest BCUT2D eigenvalue weighted by molar-refractivity contribution is 5.20. The van der Waals surface area contributed by atoms with Crippen molar-refractivity contribution in [2.45, 2.75) is 38.8 Å². The molecule has 2 atom stereocenters. The average molecular weight is 243 g/mol. The van der Waals surface area contributed by atoms with Crippen LogP contribution in [0, 0.1) is 11.6 Å². The zero-order valence-electron chi connectivity index (χ0n) is 10.2. The lowest BCUT2D eigenvalue weighted by molar-refractivity contribution is 0.0503. The average Bonchev–Trinajstić information content (AvgIpc) is 2.30. The highest BCUT2D eigenvalue weighted by Crippen LogP contribution is 2.15. The first-order valence-corrected chi connectivity index (χ1v) is 5.86. The van der Waals surface area contributed by atoms with Crippen LogP contribution in [0.4, 0.5) is 8.78 Å². The minimum absolute atomic E-state index is 0.136. The molecule has 0 aromatic heterocycles. The molecule has 0 spiro atoms. The molecule has 96 valence electrons. The van der Waals surface area contributed by atoms with Gasteiger partial charge >= 0.3 is 0 Å². The molecular formula is C13H19F2NO. The Balaban J connectivity index is 2.52. The topological polar surface area (TPSA) is 35.2 Å². The van der Waals surface area contributed by atoms with Gasteiger partial charge in [-0.2, -0.15) is 0 Å². The normalized spacial score (nSPS) is 14.6. The van der Waals surface area contributed by atoms with Gasteiger partial charge in [-0.15, -0.1) is 0 Å². The minimum atomic E-state index is -0.875. The Morgan fingerprint density at radius 2 is 2.00 bits per heavy atom. The molecule has 1 aromatic carbocycles. The molecule has 2 unspecified atom stereocenters. The fourth-order valence-electron chi connectivity index (χ4n) is 1.60. The van der Waals surface area contributed by atoms with E-state index < -0.39 is 17.7 Å². The number of ether oxygens (including phenoxy) is 1. The van der Waals surface area contributed by atoms with Crippen molar-refractivity contribution < 1.29 is 13.5 Å². The summed E-state index contributed by atoms with van der Waals surface area (Å²) in [6.07, 6.45) is 2.14. The van der Waals surface area contributed by atoms with Crippen molar-refractivity contribution in [3.8, 4) is 0 Å². The minimum Gasteiger partial charge on any atom is -0.377 e. The summed E-state index contributed by atoms with van der Waals surface area (Å²) < 4.78 is 31.2. The van der Waals surface area contributed by atoms with Gasteiger partial charge in [0.05, 0.1) is 18.8 Å². The second-order valence-electron chi connectivity index (χ2n) is 4.21. The number of hydrogen-bond acceptors (Lipinski definition) is 2. The van der Waals surface area contributed by atoms with Gasteiger partial charge in [0.1, 0.15) is 0 Å². The molecule has 17 heavy (non-hydrogen) atoms. The summed E-state index contributed by atoms with van der Waals surface area (Å²) in [5.74, 6) is -1.74. The van der Waals surface area contributed by atoms with Crippen LogP contribution in [0.5, 0.6) is 0 Å². The quantitative estimate of drug-likeness (QED) is 0.833. The van der Waals surface area contributed by atoms with Crippen LogP contribution in [0.1, 0.15) is 38.3 Å². The van der Waals surface area contributed by atoms with Crippen LogP contribution < -0.4 is 5.73 Å². The standard InChI is InChI=1S/C13H19F2NO/c1-3-4-9(2)17-8-13(16)10-5-6-11(14)12(15)7-10/h5-7,9,13H,3-4,8,16H2,1-2H3. The van der Waals surface area contributed by atoms with E-state index in [0.29, 0.717) is 12.2 Å². The second kappa shape index (κ2) is 6.67. The zero-order valence-corrected chi connectivity index (χ0v) is 10.2. The van der Waals surface area contributed by atoms with Gasteiger partial charge < -0.3 is 10.5 Å². The molecule has 0 bridgehead atoms. The SMILES string of the molecule is CCCC(C)OCC(N)c1ccc(F)c(F)c1. The molecule has 0 saturated carbocycles. The van der Waals surface area contributed by atoms with E-state index >= 15 is 0 Å². The third kappa shape index (κ3) is 4.40. The molecule has 0 saturated heterocycles. The summed E-state index contributed by atoms with van der Waals surface area (Å²) >= 11 is 0. The van der Waals surface area contributed by atoms with E-state index in [9.17, 15) is 8.78 Å². The van der Waals surface area contributed by atoms with Crippen molar-refractivity contribution in [3.63, 3.8) is 0 Å². The van der Waals surface area contributed by atoms with Crippen LogP contribution >= 0.6 is 0 Å². The van der Waals surface area contributed by atoms with E-state index in [4.69, 9.17) is 10.5 Å². The van der Waals surface area contributed by atoms with Crippen molar-refractivity contribution in [1.82, 2.24) is 0 Å². The summed E-state index contributed by atoms with van der Waals surface area (Å²) in [4.78, 5) is 0. The molecule has 1 rings (SSSR count). The van der Waals surface area contributed by atoms with E-state index in [0.717, 1.165) is 25.0 Å². The van der Waals surface area contributed by atoms with Gasteiger partial charge in [-0.3, -0.25) is 0 Å². The molecule has 2 nitrogen and oxygen atoms in total. The lowest BCUT2D eigenvalue weighted by Crippen LogP contribution is -2.21. The Morgan fingerprint density at radius 1 is 1.29 bits per heavy atom. The van der Waals surface area contributed by atoms with E-state index in [1.807, 2.05) is 6.92 Å².